The summed E-state index contributed by atoms with van der Waals surface area (Å²) in [5.74, 6) is 0.918. The molecule has 1 atom stereocenters. The van der Waals surface area contributed by atoms with Gasteiger partial charge in [0.1, 0.15) is 0 Å². The molecule has 0 radical (unpaired) electrons. The summed E-state index contributed by atoms with van der Waals surface area (Å²) < 4.78 is 0. The van der Waals surface area contributed by atoms with Gasteiger partial charge in [0.05, 0.1) is 18.3 Å². The van der Waals surface area contributed by atoms with Crippen molar-refractivity contribution in [3.05, 3.63) is 65.2 Å². The van der Waals surface area contributed by atoms with Crippen molar-refractivity contribution in [2.75, 3.05) is 4.90 Å². The van der Waals surface area contributed by atoms with Crippen molar-refractivity contribution in [2.24, 2.45) is 10.8 Å². The number of hydrogen-bond acceptors (Lipinski definition) is 3. The first-order chi connectivity index (χ1) is 13.6. The normalized spacial score (nSPS) is 19.0. The Kier molecular flexibility index (Phi) is 4.58. The van der Waals surface area contributed by atoms with E-state index in [-0.39, 0.29) is 17.4 Å². The van der Waals surface area contributed by atoms with Crippen LogP contribution in [0.25, 0.3) is 11.3 Å². The molecule has 2 aliphatic heterocycles. The van der Waals surface area contributed by atoms with Gasteiger partial charge in [-0.25, -0.2) is 0 Å². The first kappa shape index (κ1) is 19.7. The molecule has 2 aromatic rings. The molecule has 1 N–H and O–H groups in total. The lowest BCUT2D eigenvalue weighted by molar-refractivity contribution is -0.125. The van der Waals surface area contributed by atoms with Gasteiger partial charge in [-0.15, -0.1) is 5.48 Å². The van der Waals surface area contributed by atoms with Crippen LogP contribution in [0.2, 0.25) is 0 Å². The fourth-order valence-corrected chi connectivity index (χ4v) is 4.11. The second-order valence-corrected chi connectivity index (χ2v) is 10.1. The summed E-state index contributed by atoms with van der Waals surface area (Å²) >= 11 is 0. The number of rotatable bonds is 0. The first-order valence-corrected chi connectivity index (χ1v) is 10.3. The molecule has 0 saturated heterocycles. The molecule has 1 unspecified atom stereocenters. The van der Waals surface area contributed by atoms with Crippen molar-refractivity contribution in [2.45, 2.75) is 54.1 Å². The third-order valence-electron chi connectivity index (χ3n) is 5.64. The predicted octanol–water partition coefficient (Wildman–Crippen LogP) is 5.40. The van der Waals surface area contributed by atoms with Crippen molar-refractivity contribution in [3.8, 4) is 0 Å². The highest BCUT2D eigenvalue weighted by molar-refractivity contribution is 6.03. The van der Waals surface area contributed by atoms with E-state index in [0.29, 0.717) is 6.54 Å². The topological polar surface area (TPSA) is 41.6 Å². The summed E-state index contributed by atoms with van der Waals surface area (Å²) in [7, 11) is 0. The van der Waals surface area contributed by atoms with Crippen LogP contribution in [-0.4, -0.2) is 11.9 Å². The van der Waals surface area contributed by atoms with Crippen molar-refractivity contribution < 1.29 is 9.63 Å². The molecule has 0 aliphatic carbocycles. The highest BCUT2D eigenvalue weighted by Gasteiger charge is 2.41. The lowest BCUT2D eigenvalue weighted by Gasteiger charge is -2.34. The Morgan fingerprint density at radius 1 is 0.966 bits per heavy atom. The quantitative estimate of drug-likeness (QED) is 0.655. The van der Waals surface area contributed by atoms with E-state index in [0.717, 1.165) is 28.1 Å². The minimum atomic E-state index is -0.485. The maximum absolute atomic E-state index is 13.4. The molecule has 29 heavy (non-hydrogen) atoms. The van der Waals surface area contributed by atoms with Gasteiger partial charge in [-0.05, 0) is 28.7 Å². The molecule has 2 heterocycles. The Morgan fingerprint density at radius 2 is 1.59 bits per heavy atom. The second-order valence-electron chi connectivity index (χ2n) is 10.1. The molecule has 0 fully saturated rings. The minimum absolute atomic E-state index is 0.0285. The third-order valence-corrected chi connectivity index (χ3v) is 5.64. The van der Waals surface area contributed by atoms with Crippen molar-refractivity contribution in [3.63, 3.8) is 0 Å². The molecule has 4 nitrogen and oxygen atoms in total. The van der Waals surface area contributed by atoms with Gasteiger partial charge in [0.2, 0.25) is 5.91 Å². The van der Waals surface area contributed by atoms with Crippen LogP contribution in [0, 0.1) is 10.8 Å². The van der Waals surface area contributed by atoms with E-state index < -0.39 is 5.41 Å². The van der Waals surface area contributed by atoms with Crippen LogP contribution in [0.3, 0.4) is 0 Å². The lowest BCUT2D eigenvalue weighted by atomic mass is 9.78. The van der Waals surface area contributed by atoms with Gasteiger partial charge >= 0.3 is 0 Å². The molecule has 152 valence electrons. The molecular formula is C25H30N2O2. The number of benzene rings is 2. The van der Waals surface area contributed by atoms with Crippen molar-refractivity contribution in [1.29, 1.82) is 0 Å². The van der Waals surface area contributed by atoms with E-state index in [1.165, 1.54) is 5.57 Å². The van der Waals surface area contributed by atoms with Crippen molar-refractivity contribution in [1.82, 2.24) is 5.48 Å². The maximum atomic E-state index is 13.4. The number of nitrogens with one attached hydrogen (secondary N) is 1. The molecule has 2 aliphatic rings. The van der Waals surface area contributed by atoms with Gasteiger partial charge in [0.15, 0.2) is 5.76 Å². The maximum Gasteiger partial charge on any atom is 0.232 e. The number of amides is 1. The molecule has 1 amide bonds. The van der Waals surface area contributed by atoms with Crippen LogP contribution >= 0.6 is 0 Å². The number of hydroxylamine groups is 1. The van der Waals surface area contributed by atoms with Crippen LogP contribution in [0.1, 0.15) is 58.2 Å². The van der Waals surface area contributed by atoms with Gasteiger partial charge in [-0.2, -0.15) is 0 Å². The fraction of sp³-hybridized carbons (Fsp3) is 0.400. The lowest BCUT2D eigenvalue weighted by Crippen LogP contribution is -2.40. The summed E-state index contributed by atoms with van der Waals surface area (Å²) in [6.07, 6.45) is 0. The summed E-state index contributed by atoms with van der Waals surface area (Å²) in [5.41, 5.74) is 8.06. The van der Waals surface area contributed by atoms with Crippen LogP contribution in [0.15, 0.2) is 48.5 Å². The van der Waals surface area contributed by atoms with E-state index in [2.05, 4.69) is 44.5 Å². The van der Waals surface area contributed by atoms with E-state index in [4.69, 9.17) is 4.84 Å². The zero-order valence-electron chi connectivity index (χ0n) is 18.2. The molecule has 0 spiro atoms. The number of anilines is 1. The number of carbonyl (C=O) groups excluding carboxylic acids is 1. The van der Waals surface area contributed by atoms with Gasteiger partial charge in [0.25, 0.3) is 0 Å². The van der Waals surface area contributed by atoms with Gasteiger partial charge in [-0.3, -0.25) is 4.79 Å². The molecular weight excluding hydrogens is 360 g/mol. The zero-order valence-corrected chi connectivity index (χ0v) is 18.2. The average Bonchev–Trinajstić information content (AvgIpc) is 3.09. The Morgan fingerprint density at radius 3 is 2.24 bits per heavy atom. The molecule has 0 aromatic heterocycles. The summed E-state index contributed by atoms with van der Waals surface area (Å²) in [4.78, 5) is 21.5. The molecule has 0 bridgehead atoms. The molecule has 2 aromatic carbocycles. The number of hydrogen-bond donors (Lipinski definition) is 1. The predicted molar refractivity (Wildman–Crippen MR) is 118 cm³/mol. The van der Waals surface area contributed by atoms with E-state index in [1.807, 2.05) is 56.0 Å². The summed E-state index contributed by atoms with van der Waals surface area (Å²) in [5, 5.41) is 0. The number of para-hydroxylation sites is 1. The largest absolute Gasteiger partial charge is 0.407 e. The Balaban J connectivity index is 2.02. The first-order valence-electron chi connectivity index (χ1n) is 10.3. The van der Waals surface area contributed by atoms with E-state index >= 15 is 0 Å². The molecule has 4 rings (SSSR count). The standard InChI is InChI=1S/C25H30N2O2/c1-24(2,3)22-20-17-12-8-7-11-16(17)15-27(23(28)25(4,5)6)19-14-10-9-13-18(19)21(20)29-26-22/h7-14,22,26H,15H2,1-6H3. The van der Waals surface area contributed by atoms with Crippen molar-refractivity contribution >= 4 is 22.9 Å². The molecule has 0 saturated carbocycles. The second kappa shape index (κ2) is 6.74. The van der Waals surface area contributed by atoms with Crippen LogP contribution in [-0.2, 0) is 16.2 Å². The van der Waals surface area contributed by atoms with Crippen LogP contribution < -0.4 is 10.4 Å². The number of fused-ring (bicyclic) bond motifs is 4. The Hall–Kier alpha value is -2.59. The van der Waals surface area contributed by atoms with Gasteiger partial charge in [0, 0.05) is 16.6 Å². The van der Waals surface area contributed by atoms with Crippen LogP contribution in [0.5, 0.6) is 0 Å². The Bertz CT molecular complexity index is 992. The van der Waals surface area contributed by atoms with Gasteiger partial charge < -0.3 is 9.74 Å². The summed E-state index contributed by atoms with van der Waals surface area (Å²) in [6.45, 7) is 13.1. The van der Waals surface area contributed by atoms with E-state index in [9.17, 15) is 4.79 Å². The van der Waals surface area contributed by atoms with E-state index in [1.54, 1.807) is 0 Å². The molecule has 4 heteroatoms. The van der Waals surface area contributed by atoms with Gasteiger partial charge in [-0.1, -0.05) is 77.9 Å². The highest BCUT2D eigenvalue weighted by Crippen LogP contribution is 2.46. The smallest absolute Gasteiger partial charge is 0.232 e. The highest BCUT2D eigenvalue weighted by atomic mass is 16.7. The Labute approximate surface area is 173 Å². The minimum Gasteiger partial charge on any atom is -0.407 e. The van der Waals surface area contributed by atoms with Crippen LogP contribution in [0.4, 0.5) is 5.69 Å². The zero-order chi connectivity index (χ0) is 21.0. The monoisotopic (exact) mass is 390 g/mol. The number of nitrogens with zero attached hydrogens (tertiary/aromatic N) is 1. The SMILES string of the molecule is CC(C)(C)C(=O)N1Cc2ccccc2C2=C(ONC2C(C)(C)C)c2ccccc21. The fourth-order valence-electron chi connectivity index (χ4n) is 4.11. The number of carbonyl (C=O) groups is 1. The average molecular weight is 391 g/mol. The summed E-state index contributed by atoms with van der Waals surface area (Å²) in [6, 6.07) is 16.5. The third kappa shape index (κ3) is 3.36.